The fraction of sp³-hybridized carbons (Fsp3) is 0.385. The lowest BCUT2D eigenvalue weighted by molar-refractivity contribution is 0.640. The highest BCUT2D eigenvalue weighted by molar-refractivity contribution is 5.48. The lowest BCUT2D eigenvalue weighted by Crippen LogP contribution is -2.06. The summed E-state index contributed by atoms with van der Waals surface area (Å²) in [7, 11) is 0. The molecule has 90 valence electrons. The molecular formula is C13H18N4. The molecule has 0 unspecified atom stereocenters. The Hall–Kier alpha value is -1.84. The van der Waals surface area contributed by atoms with Crippen molar-refractivity contribution in [2.75, 3.05) is 5.73 Å². The van der Waals surface area contributed by atoms with Crippen molar-refractivity contribution in [1.29, 1.82) is 0 Å². The van der Waals surface area contributed by atoms with E-state index < -0.39 is 0 Å². The van der Waals surface area contributed by atoms with Crippen LogP contribution in [0.2, 0.25) is 0 Å². The fourth-order valence-electron chi connectivity index (χ4n) is 1.99. The molecule has 2 heterocycles. The predicted octanol–water partition coefficient (Wildman–Crippen LogP) is 2.03. The third-order valence-electron chi connectivity index (χ3n) is 2.93. The van der Waals surface area contributed by atoms with Gasteiger partial charge in [0.1, 0.15) is 0 Å². The predicted molar refractivity (Wildman–Crippen MR) is 68.7 cm³/mol. The first-order chi connectivity index (χ1) is 8.26. The van der Waals surface area contributed by atoms with E-state index in [4.69, 9.17) is 5.73 Å². The molecule has 0 bridgehead atoms. The number of nitrogens with two attached hydrogens (primary N) is 1. The molecule has 0 spiro atoms. The first-order valence-electron chi connectivity index (χ1n) is 5.99. The topological polar surface area (TPSA) is 56.7 Å². The van der Waals surface area contributed by atoms with E-state index in [2.05, 4.69) is 23.9 Å². The van der Waals surface area contributed by atoms with Crippen LogP contribution in [0.1, 0.15) is 30.8 Å². The molecule has 17 heavy (non-hydrogen) atoms. The van der Waals surface area contributed by atoms with E-state index in [0.717, 1.165) is 36.5 Å². The maximum Gasteiger partial charge on any atom is 0.0854 e. The Kier molecular flexibility index (Phi) is 3.42. The molecule has 0 aliphatic carbocycles. The van der Waals surface area contributed by atoms with E-state index in [1.807, 2.05) is 16.8 Å². The number of anilines is 1. The van der Waals surface area contributed by atoms with Gasteiger partial charge in [0.15, 0.2) is 0 Å². The third kappa shape index (κ3) is 2.30. The van der Waals surface area contributed by atoms with Crippen molar-refractivity contribution in [2.24, 2.45) is 0 Å². The van der Waals surface area contributed by atoms with Gasteiger partial charge in [0.25, 0.3) is 0 Å². The molecule has 0 aliphatic rings. The standard InChI is InChI=1S/C13H18N4/c1-3-11-13(14)12(4-2)17(16-11)9-10-5-7-15-8-6-10/h5-8H,3-4,9,14H2,1-2H3. The molecule has 0 saturated carbocycles. The summed E-state index contributed by atoms with van der Waals surface area (Å²) in [6, 6.07) is 4.01. The van der Waals surface area contributed by atoms with Crippen molar-refractivity contribution < 1.29 is 0 Å². The Morgan fingerprint density at radius 3 is 2.47 bits per heavy atom. The number of nitrogens with zero attached hydrogens (tertiary/aromatic N) is 3. The molecule has 2 aromatic rings. The molecule has 0 aliphatic heterocycles. The molecule has 4 nitrogen and oxygen atoms in total. The zero-order valence-electron chi connectivity index (χ0n) is 10.3. The van der Waals surface area contributed by atoms with Crippen LogP contribution in [0.15, 0.2) is 24.5 Å². The van der Waals surface area contributed by atoms with E-state index in [1.165, 1.54) is 5.56 Å². The average Bonchev–Trinajstić information content (AvgIpc) is 2.66. The first-order valence-corrected chi connectivity index (χ1v) is 5.99. The molecule has 0 atom stereocenters. The number of aryl methyl sites for hydroxylation is 1. The van der Waals surface area contributed by atoms with Gasteiger partial charge in [0.2, 0.25) is 0 Å². The van der Waals surface area contributed by atoms with Gasteiger partial charge >= 0.3 is 0 Å². The maximum absolute atomic E-state index is 6.08. The smallest absolute Gasteiger partial charge is 0.0854 e. The average molecular weight is 230 g/mol. The van der Waals surface area contributed by atoms with Gasteiger partial charge in [-0.2, -0.15) is 5.10 Å². The van der Waals surface area contributed by atoms with Crippen LogP contribution in [0.25, 0.3) is 0 Å². The Morgan fingerprint density at radius 2 is 1.88 bits per heavy atom. The van der Waals surface area contributed by atoms with Crippen molar-refractivity contribution in [3.63, 3.8) is 0 Å². The summed E-state index contributed by atoms with van der Waals surface area (Å²) in [4.78, 5) is 4.01. The van der Waals surface area contributed by atoms with Crippen LogP contribution in [0, 0.1) is 0 Å². The molecule has 0 aromatic carbocycles. The van der Waals surface area contributed by atoms with Crippen molar-refractivity contribution in [3.05, 3.63) is 41.5 Å². The maximum atomic E-state index is 6.08. The zero-order valence-corrected chi connectivity index (χ0v) is 10.3. The normalized spacial score (nSPS) is 10.7. The van der Waals surface area contributed by atoms with Gasteiger partial charge in [0, 0.05) is 12.4 Å². The quantitative estimate of drug-likeness (QED) is 0.874. The first kappa shape index (κ1) is 11.6. The van der Waals surface area contributed by atoms with Gasteiger partial charge < -0.3 is 5.73 Å². The van der Waals surface area contributed by atoms with Crippen LogP contribution in [0.5, 0.6) is 0 Å². The minimum absolute atomic E-state index is 0.760. The van der Waals surface area contributed by atoms with Crippen LogP contribution >= 0.6 is 0 Å². The lowest BCUT2D eigenvalue weighted by atomic mass is 10.2. The van der Waals surface area contributed by atoms with E-state index in [9.17, 15) is 0 Å². The fourth-order valence-corrected chi connectivity index (χ4v) is 1.99. The van der Waals surface area contributed by atoms with E-state index in [-0.39, 0.29) is 0 Å². The number of rotatable bonds is 4. The summed E-state index contributed by atoms with van der Waals surface area (Å²) in [5.74, 6) is 0. The Labute approximate surface area is 101 Å². The minimum atomic E-state index is 0.760. The number of pyridine rings is 1. The van der Waals surface area contributed by atoms with Gasteiger partial charge in [-0.25, -0.2) is 0 Å². The van der Waals surface area contributed by atoms with Gasteiger partial charge in [-0.05, 0) is 30.5 Å². The summed E-state index contributed by atoms with van der Waals surface area (Å²) in [6.07, 6.45) is 5.38. The molecule has 0 fully saturated rings. The Balaban J connectivity index is 2.32. The van der Waals surface area contributed by atoms with Gasteiger partial charge in [-0.15, -0.1) is 0 Å². The molecule has 4 heteroatoms. The summed E-state index contributed by atoms with van der Waals surface area (Å²) in [6.45, 7) is 4.95. The Morgan fingerprint density at radius 1 is 1.18 bits per heavy atom. The third-order valence-corrected chi connectivity index (χ3v) is 2.93. The summed E-state index contributed by atoms with van der Waals surface area (Å²) < 4.78 is 2.00. The van der Waals surface area contributed by atoms with Crippen LogP contribution in [0.3, 0.4) is 0 Å². The highest BCUT2D eigenvalue weighted by Crippen LogP contribution is 2.19. The summed E-state index contributed by atoms with van der Waals surface area (Å²) in [5, 5.41) is 4.57. The zero-order chi connectivity index (χ0) is 12.3. The van der Waals surface area contributed by atoms with E-state index >= 15 is 0 Å². The second kappa shape index (κ2) is 4.99. The van der Waals surface area contributed by atoms with Crippen LogP contribution in [0.4, 0.5) is 5.69 Å². The minimum Gasteiger partial charge on any atom is -0.396 e. The molecule has 2 N–H and O–H groups in total. The molecule has 0 saturated heterocycles. The molecule has 0 amide bonds. The van der Waals surface area contributed by atoms with E-state index in [1.54, 1.807) is 12.4 Å². The number of hydrogen-bond acceptors (Lipinski definition) is 3. The molecule has 2 rings (SSSR count). The largest absolute Gasteiger partial charge is 0.396 e. The van der Waals surface area contributed by atoms with Crippen molar-refractivity contribution >= 4 is 5.69 Å². The molecule has 0 radical (unpaired) electrons. The molecular weight excluding hydrogens is 212 g/mol. The number of hydrogen-bond donors (Lipinski definition) is 1. The highest BCUT2D eigenvalue weighted by atomic mass is 15.3. The van der Waals surface area contributed by atoms with Crippen molar-refractivity contribution in [1.82, 2.24) is 14.8 Å². The molecule has 2 aromatic heterocycles. The van der Waals surface area contributed by atoms with Crippen LogP contribution in [-0.4, -0.2) is 14.8 Å². The van der Waals surface area contributed by atoms with Crippen LogP contribution < -0.4 is 5.73 Å². The Bertz CT molecular complexity index is 488. The summed E-state index contributed by atoms with van der Waals surface area (Å²) >= 11 is 0. The van der Waals surface area contributed by atoms with Crippen molar-refractivity contribution in [2.45, 2.75) is 33.2 Å². The number of aromatic nitrogens is 3. The van der Waals surface area contributed by atoms with E-state index in [0.29, 0.717) is 0 Å². The number of nitrogen functional groups attached to an aromatic ring is 1. The summed E-state index contributed by atoms with van der Waals surface area (Å²) in [5.41, 5.74) is 10.2. The SMILES string of the molecule is CCc1nn(Cc2ccncc2)c(CC)c1N. The van der Waals surface area contributed by atoms with Crippen molar-refractivity contribution in [3.8, 4) is 0 Å². The second-order valence-electron chi connectivity index (χ2n) is 4.03. The van der Waals surface area contributed by atoms with Gasteiger partial charge in [-0.1, -0.05) is 13.8 Å². The van der Waals surface area contributed by atoms with Crippen LogP contribution in [-0.2, 0) is 19.4 Å². The lowest BCUT2D eigenvalue weighted by Gasteiger charge is -2.06. The van der Waals surface area contributed by atoms with Gasteiger partial charge in [0.05, 0.1) is 23.6 Å². The second-order valence-corrected chi connectivity index (χ2v) is 4.03. The highest BCUT2D eigenvalue weighted by Gasteiger charge is 2.12. The monoisotopic (exact) mass is 230 g/mol. The van der Waals surface area contributed by atoms with Gasteiger partial charge in [-0.3, -0.25) is 9.67 Å².